The fourth-order valence-electron chi connectivity index (χ4n) is 7.50. The summed E-state index contributed by atoms with van der Waals surface area (Å²) >= 11 is 0. The number of aliphatic carboxylic acids is 1. The van der Waals surface area contributed by atoms with Crippen molar-refractivity contribution in [3.05, 3.63) is 11.6 Å². The van der Waals surface area contributed by atoms with E-state index in [1.807, 2.05) is 13.8 Å². The number of carbonyl (C=O) groups excluding carboxylic acids is 2. The molecule has 4 rings (SSSR count). The minimum atomic E-state index is -1.18. The van der Waals surface area contributed by atoms with Gasteiger partial charge >= 0.3 is 17.9 Å². The molecule has 7 atom stereocenters. The highest BCUT2D eigenvalue weighted by molar-refractivity contribution is 5.87. The van der Waals surface area contributed by atoms with Crippen LogP contribution in [0.5, 0.6) is 0 Å². The van der Waals surface area contributed by atoms with Gasteiger partial charge in [-0.1, -0.05) is 13.3 Å². The predicted molar refractivity (Wildman–Crippen MR) is 106 cm³/mol. The van der Waals surface area contributed by atoms with E-state index in [9.17, 15) is 19.5 Å². The molecule has 7 nitrogen and oxygen atoms in total. The van der Waals surface area contributed by atoms with E-state index in [1.165, 1.54) is 13.2 Å². The van der Waals surface area contributed by atoms with Crippen LogP contribution in [0.2, 0.25) is 0 Å². The van der Waals surface area contributed by atoms with E-state index in [2.05, 4.69) is 6.92 Å². The summed E-state index contributed by atoms with van der Waals surface area (Å²) < 4.78 is 16.8. The van der Waals surface area contributed by atoms with Crippen LogP contribution in [0.25, 0.3) is 0 Å². The van der Waals surface area contributed by atoms with Gasteiger partial charge in [-0.2, -0.15) is 0 Å². The zero-order chi connectivity index (χ0) is 21.9. The van der Waals surface area contributed by atoms with Crippen molar-refractivity contribution >= 4 is 17.9 Å². The van der Waals surface area contributed by atoms with Crippen LogP contribution in [0.3, 0.4) is 0 Å². The molecular weight excluding hydrogens is 388 g/mol. The Bertz CT molecular complexity index is 803. The molecule has 0 radical (unpaired) electrons. The number of carboxylic acid groups (broad SMARTS) is 1. The lowest BCUT2D eigenvalue weighted by Gasteiger charge is -2.61. The zero-order valence-corrected chi connectivity index (χ0v) is 18.2. The van der Waals surface area contributed by atoms with Gasteiger partial charge in [-0.15, -0.1) is 0 Å². The van der Waals surface area contributed by atoms with Crippen LogP contribution in [-0.4, -0.2) is 42.5 Å². The summed E-state index contributed by atoms with van der Waals surface area (Å²) in [6, 6.07) is 0. The van der Waals surface area contributed by atoms with Gasteiger partial charge in [-0.3, -0.25) is 9.59 Å². The smallest absolute Gasteiger partial charge is 0.333 e. The molecule has 4 aliphatic rings. The molecule has 3 saturated carbocycles. The molecule has 1 aliphatic heterocycles. The summed E-state index contributed by atoms with van der Waals surface area (Å²) in [5.41, 5.74) is -1.06. The van der Waals surface area contributed by atoms with Crippen LogP contribution in [-0.2, 0) is 28.6 Å². The molecule has 7 heteroatoms. The summed E-state index contributed by atoms with van der Waals surface area (Å²) in [5, 5.41) is 10.6. The lowest BCUT2D eigenvalue weighted by atomic mass is 9.42. The Labute approximate surface area is 177 Å². The second-order valence-electron chi connectivity index (χ2n) is 9.71. The maximum atomic E-state index is 13.0. The number of rotatable bonds is 4. The molecular formula is C23H32O7. The van der Waals surface area contributed by atoms with Gasteiger partial charge in [-0.25, -0.2) is 4.79 Å². The summed E-state index contributed by atoms with van der Waals surface area (Å²) in [6.45, 7) is 6.13. The van der Waals surface area contributed by atoms with Crippen LogP contribution in [0.15, 0.2) is 11.6 Å². The Morgan fingerprint density at radius 1 is 1.30 bits per heavy atom. The first kappa shape index (κ1) is 21.3. The van der Waals surface area contributed by atoms with Crippen molar-refractivity contribution < 1.29 is 33.7 Å². The van der Waals surface area contributed by atoms with Crippen LogP contribution in [0.4, 0.5) is 0 Å². The van der Waals surface area contributed by atoms with Gasteiger partial charge < -0.3 is 19.3 Å². The SMILES string of the molecule is CCO[C@@]12C[C@H]3[C@@H](CC[C@H]4[C@]3(C(=O)O)CCC[C@@]4(C)C(=O)OC)[C@@H](C)C1=CC(=O)O2. The van der Waals surface area contributed by atoms with Crippen LogP contribution < -0.4 is 0 Å². The molecule has 0 amide bonds. The van der Waals surface area contributed by atoms with Crippen LogP contribution in [0.1, 0.15) is 59.3 Å². The maximum Gasteiger partial charge on any atom is 0.333 e. The third-order valence-electron chi connectivity index (χ3n) is 8.67. The first-order valence-electron chi connectivity index (χ1n) is 11.1. The van der Waals surface area contributed by atoms with Crippen molar-refractivity contribution in [3.8, 4) is 0 Å². The maximum absolute atomic E-state index is 13.0. The van der Waals surface area contributed by atoms with E-state index in [-0.39, 0.29) is 29.6 Å². The normalized spacial score (nSPS) is 44.8. The van der Waals surface area contributed by atoms with Gasteiger partial charge in [0.25, 0.3) is 0 Å². The fourth-order valence-corrected chi connectivity index (χ4v) is 7.50. The topological polar surface area (TPSA) is 99.1 Å². The monoisotopic (exact) mass is 420 g/mol. The largest absolute Gasteiger partial charge is 0.481 e. The van der Waals surface area contributed by atoms with E-state index in [0.717, 1.165) is 12.0 Å². The third kappa shape index (κ3) is 2.63. The zero-order valence-electron chi connectivity index (χ0n) is 18.2. The molecule has 1 N–H and O–H groups in total. The molecule has 0 aromatic heterocycles. The van der Waals surface area contributed by atoms with Crippen LogP contribution in [0, 0.1) is 34.5 Å². The highest BCUT2D eigenvalue weighted by atomic mass is 16.7. The Hall–Kier alpha value is -1.89. The average molecular weight is 421 g/mol. The highest BCUT2D eigenvalue weighted by Crippen LogP contribution is 2.67. The number of hydrogen-bond acceptors (Lipinski definition) is 6. The highest BCUT2D eigenvalue weighted by Gasteiger charge is 2.69. The summed E-state index contributed by atoms with van der Waals surface area (Å²) in [4.78, 5) is 38.0. The Morgan fingerprint density at radius 2 is 2.03 bits per heavy atom. The first-order valence-corrected chi connectivity index (χ1v) is 11.1. The fraction of sp³-hybridized carbons (Fsp3) is 0.783. The van der Waals surface area contributed by atoms with E-state index < -0.39 is 28.6 Å². The van der Waals surface area contributed by atoms with Crippen molar-refractivity contribution in [2.75, 3.05) is 13.7 Å². The molecule has 0 unspecified atom stereocenters. The molecule has 0 aromatic carbocycles. The quantitative estimate of drug-likeness (QED) is 0.697. The number of carbonyl (C=O) groups is 3. The Kier molecular flexibility index (Phi) is 5.03. The number of fused-ring (bicyclic) bond motifs is 4. The van der Waals surface area contributed by atoms with Crippen molar-refractivity contribution in [1.82, 2.24) is 0 Å². The van der Waals surface area contributed by atoms with E-state index >= 15 is 0 Å². The minimum Gasteiger partial charge on any atom is -0.481 e. The molecule has 0 aromatic rings. The summed E-state index contributed by atoms with van der Waals surface area (Å²) in [5.74, 6) is -3.28. The number of methoxy groups -OCH3 is 1. The molecule has 3 aliphatic carbocycles. The lowest BCUT2D eigenvalue weighted by Crippen LogP contribution is -2.64. The van der Waals surface area contributed by atoms with E-state index in [0.29, 0.717) is 38.7 Å². The molecule has 30 heavy (non-hydrogen) atoms. The Balaban J connectivity index is 1.83. The van der Waals surface area contributed by atoms with E-state index in [4.69, 9.17) is 14.2 Å². The third-order valence-corrected chi connectivity index (χ3v) is 8.67. The van der Waals surface area contributed by atoms with Crippen molar-refractivity contribution in [3.63, 3.8) is 0 Å². The second-order valence-corrected chi connectivity index (χ2v) is 9.71. The molecule has 0 saturated heterocycles. The van der Waals surface area contributed by atoms with Gasteiger partial charge in [0, 0.05) is 24.7 Å². The predicted octanol–water partition coefficient (Wildman–Crippen LogP) is 3.32. The molecule has 1 heterocycles. The van der Waals surface area contributed by atoms with Gasteiger partial charge in [0.15, 0.2) is 0 Å². The van der Waals surface area contributed by atoms with Crippen molar-refractivity contribution in [1.29, 1.82) is 0 Å². The molecule has 3 fully saturated rings. The molecule has 166 valence electrons. The molecule has 0 spiro atoms. The number of carboxylic acids is 1. The first-order chi connectivity index (χ1) is 14.2. The van der Waals surface area contributed by atoms with Gasteiger partial charge in [0.1, 0.15) is 0 Å². The summed E-state index contributed by atoms with van der Waals surface area (Å²) in [6.07, 6.45) is 5.13. The van der Waals surface area contributed by atoms with Crippen molar-refractivity contribution in [2.45, 2.75) is 65.1 Å². The number of ether oxygens (including phenoxy) is 3. The summed E-state index contributed by atoms with van der Waals surface area (Å²) in [7, 11) is 1.37. The van der Waals surface area contributed by atoms with Gasteiger partial charge in [0.2, 0.25) is 5.79 Å². The second kappa shape index (κ2) is 7.08. The number of hydrogen-bond donors (Lipinski definition) is 1. The van der Waals surface area contributed by atoms with Gasteiger partial charge in [-0.05, 0) is 63.2 Å². The minimum absolute atomic E-state index is 0.0229. The van der Waals surface area contributed by atoms with Crippen molar-refractivity contribution in [2.24, 2.45) is 34.5 Å². The van der Waals surface area contributed by atoms with E-state index in [1.54, 1.807) is 0 Å². The Morgan fingerprint density at radius 3 is 2.67 bits per heavy atom. The lowest BCUT2D eigenvalue weighted by molar-refractivity contribution is -0.244. The van der Waals surface area contributed by atoms with Gasteiger partial charge in [0.05, 0.1) is 17.9 Å². The molecule has 0 bridgehead atoms. The standard InChI is InChI=1S/C23H32O7/c1-5-29-23-12-16-14(13(2)15(23)11-18(24)30-23)7-8-17-21(3,20(27)28-4)9-6-10-22(16,17)19(25)26/h11,13-14,16-17H,5-10,12H2,1-4H3,(H,25,26)/t13-,14+,16+,17-,21-,22+,23-/m1/s1. The number of esters is 2. The van der Waals surface area contributed by atoms with Crippen LogP contribution >= 0.6 is 0 Å². The average Bonchev–Trinajstić information content (AvgIpc) is 3.04.